The fourth-order valence-corrected chi connectivity index (χ4v) is 2.91. The summed E-state index contributed by atoms with van der Waals surface area (Å²) in [6, 6.07) is 5.12. The summed E-state index contributed by atoms with van der Waals surface area (Å²) in [4.78, 5) is 2.68. The van der Waals surface area contributed by atoms with E-state index in [1.165, 1.54) is 32.4 Å². The predicted octanol–water partition coefficient (Wildman–Crippen LogP) is 2.42. The van der Waals surface area contributed by atoms with Gasteiger partial charge in [0.2, 0.25) is 0 Å². The highest BCUT2D eigenvalue weighted by atomic mass is 16.3. The van der Waals surface area contributed by atoms with E-state index in [1.54, 1.807) is 0 Å². The average Bonchev–Trinajstić information content (AvgIpc) is 2.96. The highest BCUT2D eigenvalue weighted by Crippen LogP contribution is 2.31. The Labute approximate surface area is 110 Å². The molecular weight excluding hydrogens is 224 g/mol. The second-order valence-corrected chi connectivity index (χ2v) is 5.73. The summed E-state index contributed by atoms with van der Waals surface area (Å²) in [7, 11) is 0. The molecule has 1 aromatic heterocycles. The maximum absolute atomic E-state index is 5.69. The lowest BCUT2D eigenvalue weighted by atomic mass is 10.1. The van der Waals surface area contributed by atoms with Crippen LogP contribution >= 0.6 is 0 Å². The van der Waals surface area contributed by atoms with Gasteiger partial charge in [-0.25, -0.2) is 0 Å². The summed E-state index contributed by atoms with van der Waals surface area (Å²) in [6.07, 6.45) is 5.22. The maximum Gasteiger partial charge on any atom is 0.117 e. The van der Waals surface area contributed by atoms with E-state index in [9.17, 15) is 0 Å². The Hall–Kier alpha value is -0.800. The van der Waals surface area contributed by atoms with Gasteiger partial charge in [-0.2, -0.15) is 0 Å². The van der Waals surface area contributed by atoms with Crippen LogP contribution in [-0.2, 0) is 13.0 Å². The van der Waals surface area contributed by atoms with Crippen LogP contribution in [0.25, 0.3) is 0 Å². The van der Waals surface area contributed by atoms with Crippen LogP contribution in [-0.4, -0.2) is 30.6 Å². The van der Waals surface area contributed by atoms with Crippen LogP contribution in [0.1, 0.15) is 37.7 Å². The van der Waals surface area contributed by atoms with Gasteiger partial charge in [0, 0.05) is 19.0 Å². The van der Waals surface area contributed by atoms with Gasteiger partial charge in [-0.1, -0.05) is 6.92 Å². The summed E-state index contributed by atoms with van der Waals surface area (Å²) in [5.41, 5.74) is 0. The first-order valence-corrected chi connectivity index (χ1v) is 7.37. The number of likely N-dealkylation sites (tertiary alicyclic amines) is 1. The standard InChI is InChI=1S/C15H24N2O/c1-2-14-5-6-15(18-14)10-16-9-12-7-8-17(11-12)13-3-4-13/h5-6,12-13,16H,2-4,7-11H2,1H3. The van der Waals surface area contributed by atoms with E-state index in [0.29, 0.717) is 0 Å². The second kappa shape index (κ2) is 5.45. The van der Waals surface area contributed by atoms with Crippen molar-refractivity contribution in [3.63, 3.8) is 0 Å². The minimum absolute atomic E-state index is 0.839. The van der Waals surface area contributed by atoms with Gasteiger partial charge in [-0.05, 0) is 50.4 Å². The Kier molecular flexibility index (Phi) is 3.71. The number of furan rings is 1. The molecule has 0 amide bonds. The van der Waals surface area contributed by atoms with E-state index in [2.05, 4.69) is 29.3 Å². The van der Waals surface area contributed by atoms with Crippen LogP contribution in [0.3, 0.4) is 0 Å². The highest BCUT2D eigenvalue weighted by molar-refractivity contribution is 5.06. The van der Waals surface area contributed by atoms with E-state index in [-0.39, 0.29) is 0 Å². The second-order valence-electron chi connectivity index (χ2n) is 5.73. The molecule has 100 valence electrons. The van der Waals surface area contributed by atoms with Crippen molar-refractivity contribution in [3.8, 4) is 0 Å². The molecule has 3 nitrogen and oxygen atoms in total. The topological polar surface area (TPSA) is 28.4 Å². The van der Waals surface area contributed by atoms with Crippen molar-refractivity contribution >= 4 is 0 Å². The van der Waals surface area contributed by atoms with E-state index in [4.69, 9.17) is 4.42 Å². The third kappa shape index (κ3) is 2.96. The predicted molar refractivity (Wildman–Crippen MR) is 72.5 cm³/mol. The number of rotatable bonds is 6. The largest absolute Gasteiger partial charge is 0.465 e. The van der Waals surface area contributed by atoms with Crippen molar-refractivity contribution in [2.24, 2.45) is 5.92 Å². The van der Waals surface area contributed by atoms with Crippen LogP contribution in [0, 0.1) is 5.92 Å². The molecule has 0 aromatic carbocycles. The molecule has 1 aliphatic carbocycles. The Morgan fingerprint density at radius 2 is 2.11 bits per heavy atom. The molecule has 1 saturated carbocycles. The van der Waals surface area contributed by atoms with Crippen molar-refractivity contribution in [1.29, 1.82) is 0 Å². The molecule has 2 heterocycles. The molecule has 2 fully saturated rings. The molecule has 0 bridgehead atoms. The lowest BCUT2D eigenvalue weighted by Gasteiger charge is -2.14. The van der Waals surface area contributed by atoms with Crippen LogP contribution in [0.15, 0.2) is 16.5 Å². The quantitative estimate of drug-likeness (QED) is 0.838. The first kappa shape index (κ1) is 12.2. The van der Waals surface area contributed by atoms with E-state index in [0.717, 1.165) is 43.0 Å². The third-order valence-corrected chi connectivity index (χ3v) is 4.18. The molecule has 0 spiro atoms. The summed E-state index contributed by atoms with van der Waals surface area (Å²) in [6.45, 7) is 6.75. The van der Waals surface area contributed by atoms with Crippen LogP contribution in [0.2, 0.25) is 0 Å². The minimum Gasteiger partial charge on any atom is -0.465 e. The molecule has 1 atom stereocenters. The van der Waals surface area contributed by atoms with Crippen molar-refractivity contribution in [1.82, 2.24) is 10.2 Å². The van der Waals surface area contributed by atoms with Gasteiger partial charge >= 0.3 is 0 Å². The fourth-order valence-electron chi connectivity index (χ4n) is 2.91. The van der Waals surface area contributed by atoms with Gasteiger partial charge in [0.05, 0.1) is 6.54 Å². The Morgan fingerprint density at radius 1 is 1.28 bits per heavy atom. The monoisotopic (exact) mass is 248 g/mol. The van der Waals surface area contributed by atoms with Crippen LogP contribution in [0.5, 0.6) is 0 Å². The third-order valence-electron chi connectivity index (χ3n) is 4.18. The Morgan fingerprint density at radius 3 is 2.83 bits per heavy atom. The molecule has 1 N–H and O–H groups in total. The van der Waals surface area contributed by atoms with Crippen molar-refractivity contribution < 1.29 is 4.42 Å². The smallest absolute Gasteiger partial charge is 0.117 e. The number of hydrogen-bond donors (Lipinski definition) is 1. The van der Waals surface area contributed by atoms with Gasteiger partial charge in [-0.15, -0.1) is 0 Å². The van der Waals surface area contributed by atoms with Gasteiger partial charge in [-0.3, -0.25) is 0 Å². The van der Waals surface area contributed by atoms with Gasteiger partial charge in [0.15, 0.2) is 0 Å². The zero-order valence-electron chi connectivity index (χ0n) is 11.3. The molecule has 2 aliphatic rings. The van der Waals surface area contributed by atoms with Gasteiger partial charge in [0.1, 0.15) is 11.5 Å². The van der Waals surface area contributed by atoms with Crippen molar-refractivity contribution in [2.75, 3.05) is 19.6 Å². The first-order chi connectivity index (χ1) is 8.85. The maximum atomic E-state index is 5.69. The molecule has 0 radical (unpaired) electrons. The number of nitrogens with one attached hydrogen (secondary N) is 1. The minimum atomic E-state index is 0.839. The van der Waals surface area contributed by atoms with E-state index in [1.807, 2.05) is 0 Å². The fraction of sp³-hybridized carbons (Fsp3) is 0.733. The Bertz CT molecular complexity index is 384. The molecule has 18 heavy (non-hydrogen) atoms. The highest BCUT2D eigenvalue weighted by Gasteiger charge is 2.33. The van der Waals surface area contributed by atoms with Crippen molar-refractivity contribution in [2.45, 2.75) is 45.2 Å². The first-order valence-electron chi connectivity index (χ1n) is 7.37. The van der Waals surface area contributed by atoms with E-state index < -0.39 is 0 Å². The number of aryl methyl sites for hydroxylation is 1. The summed E-state index contributed by atoms with van der Waals surface area (Å²) in [5.74, 6) is 3.00. The lowest BCUT2D eigenvalue weighted by Crippen LogP contribution is -2.27. The number of nitrogens with zero attached hydrogens (tertiary/aromatic N) is 1. The van der Waals surface area contributed by atoms with Gasteiger partial charge in [0.25, 0.3) is 0 Å². The van der Waals surface area contributed by atoms with Crippen molar-refractivity contribution in [3.05, 3.63) is 23.7 Å². The molecule has 1 aliphatic heterocycles. The molecule has 3 heteroatoms. The summed E-state index contributed by atoms with van der Waals surface area (Å²) < 4.78 is 5.69. The normalized spacial score (nSPS) is 24.8. The summed E-state index contributed by atoms with van der Waals surface area (Å²) >= 11 is 0. The molecular formula is C15H24N2O. The summed E-state index contributed by atoms with van der Waals surface area (Å²) in [5, 5.41) is 3.54. The Balaban J connectivity index is 1.37. The lowest BCUT2D eigenvalue weighted by molar-refractivity contribution is 0.311. The average molecular weight is 248 g/mol. The van der Waals surface area contributed by atoms with Crippen LogP contribution in [0.4, 0.5) is 0 Å². The molecule has 1 aromatic rings. The zero-order chi connectivity index (χ0) is 12.4. The molecule has 1 unspecified atom stereocenters. The SMILES string of the molecule is CCc1ccc(CNCC2CCN(C3CC3)C2)o1. The zero-order valence-corrected chi connectivity index (χ0v) is 11.3. The molecule has 3 rings (SSSR count). The van der Waals surface area contributed by atoms with Crippen LogP contribution < -0.4 is 5.32 Å². The molecule has 1 saturated heterocycles. The van der Waals surface area contributed by atoms with Gasteiger partial charge < -0.3 is 14.6 Å². The number of hydrogen-bond acceptors (Lipinski definition) is 3. The van der Waals surface area contributed by atoms with E-state index >= 15 is 0 Å².